The van der Waals surface area contributed by atoms with E-state index in [1.165, 1.54) is 18.3 Å². The molecule has 1 aromatic heterocycles. The van der Waals surface area contributed by atoms with Gasteiger partial charge >= 0.3 is 0 Å². The third-order valence-corrected chi connectivity index (χ3v) is 5.42. The maximum absolute atomic E-state index is 12.8. The SMILES string of the molecule is C=CCOC1CCN(c2cc(Br)ccc2C(=O)NNC(=O)c2ccnc(Cl)c2)CC1. The van der Waals surface area contributed by atoms with Gasteiger partial charge in [-0.3, -0.25) is 20.4 Å². The molecule has 0 radical (unpaired) electrons. The van der Waals surface area contributed by atoms with Gasteiger partial charge in [0, 0.05) is 29.3 Å². The number of benzene rings is 1. The number of anilines is 1. The van der Waals surface area contributed by atoms with Crippen molar-refractivity contribution in [2.45, 2.75) is 18.9 Å². The Morgan fingerprint density at radius 3 is 2.67 bits per heavy atom. The fourth-order valence-corrected chi connectivity index (χ4v) is 3.75. The van der Waals surface area contributed by atoms with Gasteiger partial charge in [0.05, 0.1) is 24.0 Å². The van der Waals surface area contributed by atoms with Crippen LogP contribution in [0.2, 0.25) is 5.15 Å². The van der Waals surface area contributed by atoms with Crippen LogP contribution in [0, 0.1) is 0 Å². The standard InChI is InChI=1S/C21H22BrClN4O3/c1-2-11-30-16-6-9-27(10-7-16)18-13-15(22)3-4-17(18)21(29)26-25-20(28)14-5-8-24-19(23)12-14/h2-5,8,12-13,16H,1,6-7,9-11H2,(H,25,28)(H,26,29). The topological polar surface area (TPSA) is 83.6 Å². The van der Waals surface area contributed by atoms with E-state index in [1.807, 2.05) is 6.07 Å². The first-order chi connectivity index (χ1) is 14.5. The third kappa shape index (κ3) is 5.81. The molecule has 7 nitrogen and oxygen atoms in total. The number of rotatable bonds is 6. The maximum atomic E-state index is 12.8. The van der Waals surface area contributed by atoms with Crippen LogP contribution in [-0.2, 0) is 4.74 Å². The highest BCUT2D eigenvalue weighted by Gasteiger charge is 2.23. The van der Waals surface area contributed by atoms with Crippen molar-refractivity contribution >= 4 is 45.0 Å². The lowest BCUT2D eigenvalue weighted by molar-refractivity contribution is 0.0563. The Kier molecular flexibility index (Phi) is 7.84. The Labute approximate surface area is 188 Å². The summed E-state index contributed by atoms with van der Waals surface area (Å²) in [6, 6.07) is 8.36. The Bertz CT molecular complexity index is 932. The zero-order valence-corrected chi connectivity index (χ0v) is 18.6. The number of amides is 2. The molecule has 3 rings (SSSR count). The predicted molar refractivity (Wildman–Crippen MR) is 120 cm³/mol. The normalized spacial score (nSPS) is 14.3. The fraction of sp³-hybridized carbons (Fsp3) is 0.286. The molecule has 1 aliphatic heterocycles. The molecule has 158 valence electrons. The van der Waals surface area contributed by atoms with E-state index in [0.29, 0.717) is 17.7 Å². The Balaban J connectivity index is 1.66. The van der Waals surface area contributed by atoms with Gasteiger partial charge in [-0.1, -0.05) is 33.6 Å². The number of piperidine rings is 1. The molecule has 0 atom stereocenters. The van der Waals surface area contributed by atoms with Crippen LogP contribution >= 0.6 is 27.5 Å². The van der Waals surface area contributed by atoms with Crippen molar-refractivity contribution in [2.75, 3.05) is 24.6 Å². The van der Waals surface area contributed by atoms with Gasteiger partial charge in [0.25, 0.3) is 11.8 Å². The number of nitrogens with one attached hydrogen (secondary N) is 2. The van der Waals surface area contributed by atoms with Crippen LogP contribution in [0.15, 0.2) is 53.7 Å². The van der Waals surface area contributed by atoms with Gasteiger partial charge in [0.15, 0.2) is 0 Å². The zero-order valence-electron chi connectivity index (χ0n) is 16.2. The molecule has 0 saturated carbocycles. The summed E-state index contributed by atoms with van der Waals surface area (Å²) in [6.07, 6.45) is 5.09. The molecule has 2 N–H and O–H groups in total. The monoisotopic (exact) mass is 492 g/mol. The van der Waals surface area contributed by atoms with Crippen LogP contribution in [0.25, 0.3) is 0 Å². The van der Waals surface area contributed by atoms with Crippen molar-refractivity contribution < 1.29 is 14.3 Å². The van der Waals surface area contributed by atoms with E-state index in [9.17, 15) is 9.59 Å². The molecule has 1 saturated heterocycles. The van der Waals surface area contributed by atoms with Gasteiger partial charge in [-0.05, 0) is 43.2 Å². The lowest BCUT2D eigenvalue weighted by atomic mass is 10.0. The van der Waals surface area contributed by atoms with Gasteiger partial charge in [0.1, 0.15) is 5.15 Å². The number of aromatic nitrogens is 1. The number of hydrogen-bond acceptors (Lipinski definition) is 5. The van der Waals surface area contributed by atoms with Crippen LogP contribution in [0.5, 0.6) is 0 Å². The predicted octanol–water partition coefficient (Wildman–Crippen LogP) is 3.74. The number of hydrazine groups is 1. The molecule has 0 unspecified atom stereocenters. The molecular formula is C21H22BrClN4O3. The molecule has 0 spiro atoms. The van der Waals surface area contributed by atoms with Gasteiger partial charge in [-0.25, -0.2) is 4.98 Å². The quantitative estimate of drug-likeness (QED) is 0.364. The van der Waals surface area contributed by atoms with Crippen LogP contribution < -0.4 is 15.8 Å². The summed E-state index contributed by atoms with van der Waals surface area (Å²) in [4.78, 5) is 31.0. The lowest BCUT2D eigenvalue weighted by Crippen LogP contribution is -2.43. The van der Waals surface area contributed by atoms with Crippen molar-refractivity contribution in [2.24, 2.45) is 0 Å². The molecule has 9 heteroatoms. The van der Waals surface area contributed by atoms with E-state index in [2.05, 4.69) is 43.2 Å². The lowest BCUT2D eigenvalue weighted by Gasteiger charge is -2.34. The van der Waals surface area contributed by atoms with Crippen LogP contribution in [0.4, 0.5) is 5.69 Å². The summed E-state index contributed by atoms with van der Waals surface area (Å²) < 4.78 is 6.61. The Morgan fingerprint density at radius 1 is 1.23 bits per heavy atom. The van der Waals surface area contributed by atoms with Crippen molar-refractivity contribution in [3.8, 4) is 0 Å². The number of nitrogens with zero attached hydrogens (tertiary/aromatic N) is 2. The first kappa shape index (κ1) is 22.3. The first-order valence-corrected chi connectivity index (χ1v) is 10.6. The smallest absolute Gasteiger partial charge is 0.271 e. The highest BCUT2D eigenvalue weighted by molar-refractivity contribution is 9.10. The summed E-state index contributed by atoms with van der Waals surface area (Å²) in [5, 5.41) is 0.199. The van der Waals surface area contributed by atoms with E-state index < -0.39 is 11.8 Å². The minimum Gasteiger partial charge on any atom is -0.374 e. The second-order valence-corrected chi connectivity index (χ2v) is 8.05. The Morgan fingerprint density at radius 2 is 1.97 bits per heavy atom. The number of halogens is 2. The summed E-state index contributed by atoms with van der Waals surface area (Å²) in [6.45, 7) is 5.74. The molecule has 1 aromatic carbocycles. The van der Waals surface area contributed by atoms with E-state index >= 15 is 0 Å². The average molecular weight is 494 g/mol. The van der Waals surface area contributed by atoms with E-state index in [-0.39, 0.29) is 11.3 Å². The largest absolute Gasteiger partial charge is 0.374 e. The van der Waals surface area contributed by atoms with Gasteiger partial charge < -0.3 is 9.64 Å². The van der Waals surface area contributed by atoms with Gasteiger partial charge in [-0.2, -0.15) is 0 Å². The zero-order chi connectivity index (χ0) is 21.5. The van der Waals surface area contributed by atoms with E-state index in [4.69, 9.17) is 16.3 Å². The highest BCUT2D eigenvalue weighted by Crippen LogP contribution is 2.28. The molecule has 1 fully saturated rings. The maximum Gasteiger partial charge on any atom is 0.271 e. The summed E-state index contributed by atoms with van der Waals surface area (Å²) >= 11 is 9.28. The van der Waals surface area contributed by atoms with Crippen LogP contribution in [0.1, 0.15) is 33.6 Å². The number of hydrogen-bond donors (Lipinski definition) is 2. The summed E-state index contributed by atoms with van der Waals surface area (Å²) in [5.41, 5.74) is 6.45. The number of ether oxygens (including phenoxy) is 1. The molecule has 2 heterocycles. The third-order valence-electron chi connectivity index (χ3n) is 4.72. The minimum absolute atomic E-state index is 0.190. The molecule has 2 aromatic rings. The molecule has 0 aliphatic carbocycles. The molecule has 0 bridgehead atoms. The molecule has 30 heavy (non-hydrogen) atoms. The van der Waals surface area contributed by atoms with Crippen LogP contribution in [-0.4, -0.2) is 42.6 Å². The van der Waals surface area contributed by atoms with E-state index in [1.54, 1.807) is 18.2 Å². The second-order valence-electron chi connectivity index (χ2n) is 6.75. The van der Waals surface area contributed by atoms with Crippen molar-refractivity contribution in [1.29, 1.82) is 0 Å². The number of carbonyl (C=O) groups is 2. The first-order valence-electron chi connectivity index (χ1n) is 9.47. The molecular weight excluding hydrogens is 472 g/mol. The fourth-order valence-electron chi connectivity index (χ4n) is 3.22. The van der Waals surface area contributed by atoms with Crippen molar-refractivity contribution in [3.63, 3.8) is 0 Å². The molecule has 2 amide bonds. The number of pyridine rings is 1. The minimum atomic E-state index is -0.480. The Hall–Kier alpha value is -2.42. The van der Waals surface area contributed by atoms with Gasteiger partial charge in [0.2, 0.25) is 0 Å². The average Bonchev–Trinajstić information content (AvgIpc) is 2.76. The summed E-state index contributed by atoms with van der Waals surface area (Å²) in [5.74, 6) is -0.887. The highest BCUT2D eigenvalue weighted by atomic mass is 79.9. The van der Waals surface area contributed by atoms with E-state index in [0.717, 1.165) is 36.1 Å². The second kappa shape index (κ2) is 10.6. The van der Waals surface area contributed by atoms with Crippen LogP contribution in [0.3, 0.4) is 0 Å². The van der Waals surface area contributed by atoms with Crippen molar-refractivity contribution in [1.82, 2.24) is 15.8 Å². The van der Waals surface area contributed by atoms with Crippen molar-refractivity contribution in [3.05, 3.63) is 69.9 Å². The van der Waals surface area contributed by atoms with Gasteiger partial charge in [-0.15, -0.1) is 6.58 Å². The number of carbonyl (C=O) groups excluding carboxylic acids is 2. The summed E-state index contributed by atoms with van der Waals surface area (Å²) in [7, 11) is 0. The molecule has 1 aliphatic rings.